The van der Waals surface area contributed by atoms with Crippen molar-refractivity contribution < 1.29 is 0 Å². The van der Waals surface area contributed by atoms with Crippen molar-refractivity contribution in [1.82, 2.24) is 0 Å². The minimum atomic E-state index is -0.102. The Hall–Kier alpha value is -0.590. The molecule has 0 saturated heterocycles. The van der Waals surface area contributed by atoms with E-state index < -0.39 is 0 Å². The Morgan fingerprint density at radius 1 is 1.50 bits per heavy atom. The van der Waals surface area contributed by atoms with Gasteiger partial charge < -0.3 is 5.41 Å². The monoisotopic (exact) mass is 139 g/mol. The van der Waals surface area contributed by atoms with Gasteiger partial charge >= 0.3 is 0 Å². The van der Waals surface area contributed by atoms with Gasteiger partial charge in [0.2, 0.25) is 0 Å². The molecule has 0 unspecified atom stereocenters. The van der Waals surface area contributed by atoms with Gasteiger partial charge in [-0.3, -0.25) is 0 Å². The molecule has 0 aliphatic heterocycles. The van der Waals surface area contributed by atoms with Crippen molar-refractivity contribution >= 4 is 5.71 Å². The maximum absolute atomic E-state index is 7.47. The highest BCUT2D eigenvalue weighted by Crippen LogP contribution is 2.27. The average Bonchev–Trinajstić information content (AvgIpc) is 1.86. The molecule has 0 rings (SSSR count). The van der Waals surface area contributed by atoms with Gasteiger partial charge in [0.1, 0.15) is 0 Å². The molecule has 10 heavy (non-hydrogen) atoms. The van der Waals surface area contributed by atoms with Crippen molar-refractivity contribution in [2.24, 2.45) is 5.41 Å². The summed E-state index contributed by atoms with van der Waals surface area (Å²) in [6.07, 6.45) is 0.962. The third-order valence-corrected chi connectivity index (χ3v) is 2.25. The normalized spacial score (nSPS) is 11.2. The van der Waals surface area contributed by atoms with Crippen LogP contribution in [0.3, 0.4) is 0 Å². The molecule has 1 heteroatoms. The summed E-state index contributed by atoms with van der Waals surface area (Å²) in [5, 5.41) is 7.47. The number of hydrogen-bond acceptors (Lipinski definition) is 1. The van der Waals surface area contributed by atoms with Crippen LogP contribution in [-0.4, -0.2) is 5.71 Å². The molecule has 0 aliphatic carbocycles. The van der Waals surface area contributed by atoms with Crippen LogP contribution in [0.25, 0.3) is 0 Å². The predicted molar refractivity (Wildman–Crippen MR) is 46.6 cm³/mol. The minimum Gasteiger partial charge on any atom is -0.309 e. The molecule has 0 saturated carbocycles. The second-order valence-corrected chi connectivity index (χ2v) is 3.21. The highest BCUT2D eigenvalue weighted by atomic mass is 14.5. The van der Waals surface area contributed by atoms with E-state index in [2.05, 4.69) is 13.5 Å². The van der Waals surface area contributed by atoms with Gasteiger partial charge in [-0.25, -0.2) is 0 Å². The lowest BCUT2D eigenvalue weighted by Crippen LogP contribution is -2.22. The van der Waals surface area contributed by atoms with Crippen molar-refractivity contribution in [3.05, 3.63) is 12.2 Å². The SMILES string of the molecule is C=C(CC)C(C)(C)C(C)=N. The summed E-state index contributed by atoms with van der Waals surface area (Å²) in [4.78, 5) is 0. The first-order chi connectivity index (χ1) is 4.42. The van der Waals surface area contributed by atoms with E-state index in [1.54, 1.807) is 0 Å². The fraction of sp³-hybridized carbons (Fsp3) is 0.667. The van der Waals surface area contributed by atoms with E-state index in [9.17, 15) is 0 Å². The van der Waals surface area contributed by atoms with Gasteiger partial charge in [0.05, 0.1) is 0 Å². The van der Waals surface area contributed by atoms with Gasteiger partial charge in [-0.2, -0.15) is 0 Å². The highest BCUT2D eigenvalue weighted by molar-refractivity contribution is 5.87. The standard InChI is InChI=1S/C9H17N/c1-6-7(2)9(4,5)8(3)10/h10H,2,6H2,1,3-5H3. The lowest BCUT2D eigenvalue weighted by atomic mass is 9.80. The first-order valence-electron chi connectivity index (χ1n) is 3.66. The number of rotatable bonds is 3. The second kappa shape index (κ2) is 3.00. The van der Waals surface area contributed by atoms with Crippen molar-refractivity contribution in [1.29, 1.82) is 5.41 Å². The smallest absolute Gasteiger partial charge is 0.0226 e. The molecule has 0 spiro atoms. The summed E-state index contributed by atoms with van der Waals surface area (Å²) in [6, 6.07) is 0. The van der Waals surface area contributed by atoms with Crippen LogP contribution < -0.4 is 0 Å². The highest BCUT2D eigenvalue weighted by Gasteiger charge is 2.22. The zero-order valence-corrected chi connectivity index (χ0v) is 7.41. The summed E-state index contributed by atoms with van der Waals surface area (Å²) in [5.41, 5.74) is 1.73. The Morgan fingerprint density at radius 2 is 1.90 bits per heavy atom. The molecular weight excluding hydrogens is 122 g/mol. The van der Waals surface area contributed by atoms with Gasteiger partial charge in [-0.05, 0) is 13.3 Å². The first-order valence-corrected chi connectivity index (χ1v) is 3.66. The molecule has 1 N–H and O–H groups in total. The largest absolute Gasteiger partial charge is 0.309 e. The van der Waals surface area contributed by atoms with Gasteiger partial charge in [-0.15, -0.1) is 0 Å². The number of hydrogen-bond donors (Lipinski definition) is 1. The minimum absolute atomic E-state index is 0.102. The van der Waals surface area contributed by atoms with Crippen LogP contribution in [0, 0.1) is 10.8 Å². The fourth-order valence-corrected chi connectivity index (χ4v) is 0.707. The van der Waals surface area contributed by atoms with Crippen LogP contribution in [0.4, 0.5) is 0 Å². The molecular formula is C9H17N. The Bertz CT molecular complexity index is 154. The predicted octanol–water partition coefficient (Wildman–Crippen LogP) is 3.02. The van der Waals surface area contributed by atoms with Crippen molar-refractivity contribution in [3.8, 4) is 0 Å². The summed E-state index contributed by atoms with van der Waals surface area (Å²) < 4.78 is 0. The van der Waals surface area contributed by atoms with Crippen LogP contribution in [0.5, 0.6) is 0 Å². The molecule has 0 radical (unpaired) electrons. The van der Waals surface area contributed by atoms with Crippen LogP contribution in [-0.2, 0) is 0 Å². The van der Waals surface area contributed by atoms with Gasteiger partial charge in [0, 0.05) is 11.1 Å². The van der Waals surface area contributed by atoms with Gasteiger partial charge in [-0.1, -0.05) is 32.9 Å². The van der Waals surface area contributed by atoms with Crippen molar-refractivity contribution in [3.63, 3.8) is 0 Å². The molecule has 0 amide bonds. The van der Waals surface area contributed by atoms with Crippen LogP contribution >= 0.6 is 0 Å². The zero-order valence-electron chi connectivity index (χ0n) is 7.41. The maximum Gasteiger partial charge on any atom is 0.0226 e. The quantitative estimate of drug-likeness (QED) is 0.459. The molecule has 0 atom stereocenters. The lowest BCUT2D eigenvalue weighted by molar-refractivity contribution is 0.599. The molecule has 0 bridgehead atoms. The zero-order chi connectivity index (χ0) is 8.36. The first kappa shape index (κ1) is 9.41. The van der Waals surface area contributed by atoms with Gasteiger partial charge in [0.15, 0.2) is 0 Å². The molecule has 1 nitrogen and oxygen atoms in total. The Labute approximate surface area is 63.7 Å². The topological polar surface area (TPSA) is 23.9 Å². The maximum atomic E-state index is 7.47. The summed E-state index contributed by atoms with van der Waals surface area (Å²) >= 11 is 0. The Morgan fingerprint density at radius 3 is 2.00 bits per heavy atom. The fourth-order valence-electron chi connectivity index (χ4n) is 0.707. The summed E-state index contributed by atoms with van der Waals surface area (Å²) in [6.45, 7) is 11.9. The van der Waals surface area contributed by atoms with Crippen LogP contribution in [0.1, 0.15) is 34.1 Å². The molecule has 0 aromatic heterocycles. The van der Waals surface area contributed by atoms with E-state index in [1.165, 1.54) is 0 Å². The van der Waals surface area contributed by atoms with E-state index in [0.717, 1.165) is 12.0 Å². The van der Waals surface area contributed by atoms with Crippen molar-refractivity contribution in [2.75, 3.05) is 0 Å². The number of allylic oxidation sites excluding steroid dienone is 1. The van der Waals surface area contributed by atoms with Gasteiger partial charge in [0.25, 0.3) is 0 Å². The molecule has 58 valence electrons. The Kier molecular flexibility index (Phi) is 2.82. The van der Waals surface area contributed by atoms with Crippen molar-refractivity contribution in [2.45, 2.75) is 34.1 Å². The average molecular weight is 139 g/mol. The lowest BCUT2D eigenvalue weighted by Gasteiger charge is -2.25. The van der Waals surface area contributed by atoms with Crippen LogP contribution in [0.2, 0.25) is 0 Å². The molecule has 0 heterocycles. The molecule has 0 aromatic carbocycles. The van der Waals surface area contributed by atoms with E-state index in [1.807, 2.05) is 20.8 Å². The second-order valence-electron chi connectivity index (χ2n) is 3.21. The Balaban J connectivity index is 4.40. The van der Waals surface area contributed by atoms with E-state index in [0.29, 0.717) is 5.71 Å². The summed E-state index contributed by atoms with van der Waals surface area (Å²) in [7, 11) is 0. The van der Waals surface area contributed by atoms with E-state index in [4.69, 9.17) is 5.41 Å². The van der Waals surface area contributed by atoms with Crippen LogP contribution in [0.15, 0.2) is 12.2 Å². The molecule has 0 aromatic rings. The third-order valence-electron chi connectivity index (χ3n) is 2.25. The summed E-state index contributed by atoms with van der Waals surface area (Å²) in [5.74, 6) is 0. The molecule has 0 fully saturated rings. The number of nitrogens with one attached hydrogen (secondary N) is 1. The van der Waals surface area contributed by atoms with E-state index in [-0.39, 0.29) is 5.41 Å². The van der Waals surface area contributed by atoms with E-state index >= 15 is 0 Å². The molecule has 0 aliphatic rings. The third kappa shape index (κ3) is 1.69.